The van der Waals surface area contributed by atoms with Crippen molar-refractivity contribution in [2.45, 2.75) is 37.2 Å². The number of carbonyl (C=O) groups excluding carboxylic acids is 2. The molecule has 0 unspecified atom stereocenters. The van der Waals surface area contributed by atoms with Gasteiger partial charge in [0.05, 0.1) is 15.6 Å². The summed E-state index contributed by atoms with van der Waals surface area (Å²) in [4.78, 5) is 29.5. The van der Waals surface area contributed by atoms with Crippen LogP contribution in [0.3, 0.4) is 0 Å². The number of sulfonamides is 1. The summed E-state index contributed by atoms with van der Waals surface area (Å²) in [5.74, 6) is -0.975. The lowest BCUT2D eigenvalue weighted by Gasteiger charge is -2.34. The zero-order valence-electron chi connectivity index (χ0n) is 24.0. The van der Waals surface area contributed by atoms with Crippen LogP contribution in [0.25, 0.3) is 0 Å². The van der Waals surface area contributed by atoms with Crippen LogP contribution in [0.5, 0.6) is 0 Å². The summed E-state index contributed by atoms with van der Waals surface area (Å²) < 4.78 is 29.0. The fourth-order valence-corrected chi connectivity index (χ4v) is 6.76. The quantitative estimate of drug-likeness (QED) is 0.166. The zero-order valence-corrected chi connectivity index (χ0v) is 27.1. The Labute approximate surface area is 273 Å². The Kier molecular flexibility index (Phi) is 11.7. The summed E-state index contributed by atoms with van der Waals surface area (Å²) in [5, 5.41) is 3.70. The van der Waals surface area contributed by atoms with Crippen LogP contribution in [0, 0.1) is 0 Å². The number of benzene rings is 4. The predicted molar refractivity (Wildman–Crippen MR) is 177 cm³/mol. The van der Waals surface area contributed by atoms with Gasteiger partial charge in [0.1, 0.15) is 12.6 Å². The fourth-order valence-electron chi connectivity index (χ4n) is 4.66. The molecule has 0 fully saturated rings. The van der Waals surface area contributed by atoms with Crippen LogP contribution in [0.2, 0.25) is 15.1 Å². The SMILES string of the molecule is CCCNC(=O)[C@H](Cc1ccccc1)N(Cc1cccc(Cl)c1)C(=O)CN(c1cc(Cl)ccc1Cl)S(=O)(=O)c1ccccc1. The van der Waals surface area contributed by atoms with Crippen molar-refractivity contribution in [1.82, 2.24) is 10.2 Å². The van der Waals surface area contributed by atoms with Crippen LogP contribution in [-0.4, -0.2) is 44.3 Å². The van der Waals surface area contributed by atoms with Gasteiger partial charge in [-0.05, 0) is 60.0 Å². The first-order valence-corrected chi connectivity index (χ1v) is 16.6. The Balaban J connectivity index is 1.82. The molecule has 0 saturated heterocycles. The molecular formula is C33H32Cl3N3O4S. The normalized spacial score (nSPS) is 11.9. The van der Waals surface area contributed by atoms with Crippen LogP contribution in [0.15, 0.2) is 108 Å². The highest BCUT2D eigenvalue weighted by atomic mass is 35.5. The molecule has 0 aromatic heterocycles. The molecule has 0 heterocycles. The van der Waals surface area contributed by atoms with Crippen LogP contribution >= 0.6 is 34.8 Å². The van der Waals surface area contributed by atoms with Gasteiger partial charge in [-0.3, -0.25) is 13.9 Å². The van der Waals surface area contributed by atoms with Crippen LogP contribution in [-0.2, 0) is 32.6 Å². The van der Waals surface area contributed by atoms with E-state index in [1.54, 1.807) is 42.5 Å². The van der Waals surface area contributed by atoms with Crippen LogP contribution in [0.4, 0.5) is 5.69 Å². The average molecular weight is 673 g/mol. The molecule has 1 N–H and O–H groups in total. The van der Waals surface area contributed by atoms with Crippen molar-refractivity contribution in [2.75, 3.05) is 17.4 Å². The third-order valence-corrected chi connectivity index (χ3v) is 9.41. The molecule has 4 aromatic rings. The van der Waals surface area contributed by atoms with Gasteiger partial charge in [-0.1, -0.05) is 102 Å². The summed E-state index contributed by atoms with van der Waals surface area (Å²) in [5.41, 5.74) is 1.54. The third-order valence-electron chi connectivity index (χ3n) is 6.85. The smallest absolute Gasteiger partial charge is 0.264 e. The van der Waals surface area contributed by atoms with Crippen molar-refractivity contribution in [1.29, 1.82) is 0 Å². The second-order valence-corrected chi connectivity index (χ2v) is 13.2. The minimum absolute atomic E-state index is 0.00105. The highest BCUT2D eigenvalue weighted by Gasteiger charge is 2.35. The van der Waals surface area contributed by atoms with Crippen LogP contribution in [0.1, 0.15) is 24.5 Å². The molecule has 0 aliphatic heterocycles. The molecule has 44 heavy (non-hydrogen) atoms. The number of halogens is 3. The van der Waals surface area contributed by atoms with Crippen molar-refractivity contribution < 1.29 is 18.0 Å². The molecule has 230 valence electrons. The van der Waals surface area contributed by atoms with Gasteiger partial charge in [-0.25, -0.2) is 8.42 Å². The van der Waals surface area contributed by atoms with E-state index < -0.39 is 28.5 Å². The molecule has 0 spiro atoms. The lowest BCUT2D eigenvalue weighted by atomic mass is 10.0. The molecule has 0 aliphatic carbocycles. The number of anilines is 1. The Morgan fingerprint density at radius 3 is 2.09 bits per heavy atom. The second-order valence-electron chi connectivity index (χ2n) is 10.1. The first kappa shape index (κ1) is 33.3. The summed E-state index contributed by atoms with van der Waals surface area (Å²) in [6.07, 6.45) is 0.897. The van der Waals surface area contributed by atoms with Crippen LogP contribution < -0.4 is 9.62 Å². The first-order valence-electron chi connectivity index (χ1n) is 14.0. The molecule has 7 nitrogen and oxygen atoms in total. The molecular weight excluding hydrogens is 641 g/mol. The van der Waals surface area contributed by atoms with Gasteiger partial charge in [0.15, 0.2) is 0 Å². The Bertz CT molecular complexity index is 1690. The van der Waals surface area contributed by atoms with Gasteiger partial charge in [-0.15, -0.1) is 0 Å². The number of hydrogen-bond acceptors (Lipinski definition) is 4. The molecule has 0 radical (unpaired) electrons. The topological polar surface area (TPSA) is 86.8 Å². The molecule has 11 heteroatoms. The van der Waals surface area contributed by atoms with E-state index in [0.717, 1.165) is 9.87 Å². The maximum atomic E-state index is 14.4. The van der Waals surface area contributed by atoms with Crippen molar-refractivity contribution in [2.24, 2.45) is 0 Å². The van der Waals surface area contributed by atoms with Gasteiger partial charge >= 0.3 is 0 Å². The minimum atomic E-state index is -4.30. The number of rotatable bonds is 13. The highest BCUT2D eigenvalue weighted by molar-refractivity contribution is 7.92. The summed E-state index contributed by atoms with van der Waals surface area (Å²) >= 11 is 19.0. The zero-order chi connectivity index (χ0) is 31.7. The molecule has 0 aliphatic rings. The van der Waals surface area contributed by atoms with Gasteiger partial charge in [0.2, 0.25) is 11.8 Å². The Hall–Kier alpha value is -3.56. The van der Waals surface area contributed by atoms with Gasteiger partial charge in [0.25, 0.3) is 10.0 Å². The Morgan fingerprint density at radius 2 is 1.43 bits per heavy atom. The van der Waals surface area contributed by atoms with E-state index >= 15 is 0 Å². The average Bonchev–Trinajstić information content (AvgIpc) is 3.02. The number of nitrogens with zero attached hydrogens (tertiary/aromatic N) is 2. The molecule has 1 atom stereocenters. The largest absolute Gasteiger partial charge is 0.354 e. The van der Waals surface area contributed by atoms with E-state index in [1.807, 2.05) is 37.3 Å². The second kappa shape index (κ2) is 15.4. The number of amides is 2. The molecule has 2 amide bonds. The van der Waals surface area contributed by atoms with E-state index in [0.29, 0.717) is 23.6 Å². The fraction of sp³-hybridized carbons (Fsp3) is 0.212. The van der Waals surface area contributed by atoms with Gasteiger partial charge < -0.3 is 10.2 Å². The number of nitrogens with one attached hydrogen (secondary N) is 1. The third kappa shape index (κ3) is 8.54. The van der Waals surface area contributed by atoms with E-state index in [9.17, 15) is 18.0 Å². The lowest BCUT2D eigenvalue weighted by molar-refractivity contribution is -0.140. The van der Waals surface area contributed by atoms with Crippen molar-refractivity contribution >= 4 is 62.3 Å². The standard InChI is InChI=1S/C33H32Cl3N3O4S/c1-2-18-37-33(41)31(20-24-10-5-3-6-11-24)38(22-25-12-9-13-26(34)19-25)32(40)23-39(30-21-27(35)16-17-29(30)36)44(42,43)28-14-7-4-8-15-28/h3-17,19,21,31H,2,18,20,22-23H2,1H3,(H,37,41)/t31-/m0/s1. The number of carbonyl (C=O) groups is 2. The van der Waals surface area contributed by atoms with E-state index in [1.165, 1.54) is 35.2 Å². The maximum Gasteiger partial charge on any atom is 0.264 e. The summed E-state index contributed by atoms with van der Waals surface area (Å²) in [6, 6.07) is 27.5. The Morgan fingerprint density at radius 1 is 0.795 bits per heavy atom. The minimum Gasteiger partial charge on any atom is -0.354 e. The van der Waals surface area contributed by atoms with Crippen molar-refractivity contribution in [3.63, 3.8) is 0 Å². The molecule has 0 bridgehead atoms. The van der Waals surface area contributed by atoms with Crippen molar-refractivity contribution in [3.05, 3.63) is 129 Å². The number of hydrogen-bond donors (Lipinski definition) is 1. The van der Waals surface area contributed by atoms with Crippen molar-refractivity contribution in [3.8, 4) is 0 Å². The van der Waals surface area contributed by atoms with E-state index in [-0.39, 0.29) is 39.5 Å². The summed E-state index contributed by atoms with van der Waals surface area (Å²) in [7, 11) is -4.30. The van der Waals surface area contributed by atoms with Gasteiger partial charge in [0, 0.05) is 29.6 Å². The first-order chi connectivity index (χ1) is 21.1. The molecule has 4 aromatic carbocycles. The molecule has 4 rings (SSSR count). The predicted octanol–water partition coefficient (Wildman–Crippen LogP) is 7.01. The molecule has 0 saturated carbocycles. The van der Waals surface area contributed by atoms with Gasteiger partial charge in [-0.2, -0.15) is 0 Å². The maximum absolute atomic E-state index is 14.4. The van der Waals surface area contributed by atoms with E-state index in [4.69, 9.17) is 34.8 Å². The summed E-state index contributed by atoms with van der Waals surface area (Å²) in [6.45, 7) is 1.70. The van der Waals surface area contributed by atoms with E-state index in [2.05, 4.69) is 5.32 Å². The highest BCUT2D eigenvalue weighted by Crippen LogP contribution is 2.33. The lowest BCUT2D eigenvalue weighted by Crippen LogP contribution is -2.53. The monoisotopic (exact) mass is 671 g/mol.